The van der Waals surface area contributed by atoms with Gasteiger partial charge in [-0.2, -0.15) is 13.2 Å². The summed E-state index contributed by atoms with van der Waals surface area (Å²) in [5, 5.41) is 0. The number of benzene rings is 3. The third kappa shape index (κ3) is 8.10. The molecular formula is C31H33F3. The van der Waals surface area contributed by atoms with E-state index in [1.54, 1.807) is 12.1 Å². The molecule has 0 heterocycles. The van der Waals surface area contributed by atoms with Gasteiger partial charge in [0.15, 0.2) is 0 Å². The minimum Gasteiger partial charge on any atom is -0.166 e. The molecule has 0 spiro atoms. The lowest BCUT2D eigenvalue weighted by Gasteiger charge is -2.13. The maximum atomic E-state index is 12.7. The number of halogens is 3. The van der Waals surface area contributed by atoms with Crippen LogP contribution in [0.3, 0.4) is 0 Å². The van der Waals surface area contributed by atoms with Crippen LogP contribution in [0.2, 0.25) is 0 Å². The molecule has 178 valence electrons. The molecular weight excluding hydrogens is 429 g/mol. The molecule has 1 unspecified atom stereocenters. The molecule has 0 saturated heterocycles. The van der Waals surface area contributed by atoms with E-state index >= 15 is 0 Å². The van der Waals surface area contributed by atoms with Gasteiger partial charge < -0.3 is 0 Å². The Morgan fingerprint density at radius 3 is 1.71 bits per heavy atom. The fraction of sp³-hybridized carbons (Fsp3) is 0.355. The van der Waals surface area contributed by atoms with E-state index in [1.807, 2.05) is 12.1 Å². The van der Waals surface area contributed by atoms with E-state index < -0.39 is 11.7 Å². The Bertz CT molecular complexity index is 1060. The van der Waals surface area contributed by atoms with Gasteiger partial charge in [-0.15, -0.1) is 0 Å². The predicted molar refractivity (Wildman–Crippen MR) is 135 cm³/mol. The molecule has 0 amide bonds. The van der Waals surface area contributed by atoms with Crippen molar-refractivity contribution >= 4 is 0 Å². The number of unbranched alkanes of at least 4 members (excludes halogenated alkanes) is 3. The molecule has 34 heavy (non-hydrogen) atoms. The summed E-state index contributed by atoms with van der Waals surface area (Å²) in [6, 6.07) is 22.3. The van der Waals surface area contributed by atoms with Crippen LogP contribution in [0.4, 0.5) is 13.2 Å². The van der Waals surface area contributed by atoms with Crippen LogP contribution >= 0.6 is 0 Å². The third-order valence-electron chi connectivity index (χ3n) is 6.25. The molecule has 0 nitrogen and oxygen atoms in total. The summed E-state index contributed by atoms with van der Waals surface area (Å²) in [5.41, 5.74) is 4.91. The fourth-order valence-corrected chi connectivity index (χ4v) is 3.96. The Balaban J connectivity index is 1.49. The molecule has 3 heteroatoms. The van der Waals surface area contributed by atoms with Crippen LogP contribution < -0.4 is 0 Å². The van der Waals surface area contributed by atoms with Gasteiger partial charge in [-0.05, 0) is 84.7 Å². The minimum absolute atomic E-state index is 0.191. The summed E-state index contributed by atoms with van der Waals surface area (Å²) < 4.78 is 38.2. The SMILES string of the molecule is CCCCCCc1ccc(C#Cc2ccc(CCC(C)c3ccc(C(F)(F)F)cc3)cc2)cc1. The van der Waals surface area contributed by atoms with Gasteiger partial charge in [-0.25, -0.2) is 0 Å². The number of hydrogen-bond acceptors (Lipinski definition) is 0. The van der Waals surface area contributed by atoms with Crippen molar-refractivity contribution in [1.29, 1.82) is 0 Å². The maximum absolute atomic E-state index is 12.7. The van der Waals surface area contributed by atoms with Gasteiger partial charge in [0, 0.05) is 11.1 Å². The average molecular weight is 463 g/mol. The van der Waals surface area contributed by atoms with Crippen LogP contribution in [0.5, 0.6) is 0 Å². The molecule has 3 rings (SSSR count). The number of hydrogen-bond donors (Lipinski definition) is 0. The monoisotopic (exact) mass is 462 g/mol. The van der Waals surface area contributed by atoms with E-state index in [0.717, 1.165) is 36.0 Å². The van der Waals surface area contributed by atoms with Crippen molar-refractivity contribution in [3.8, 4) is 11.8 Å². The van der Waals surface area contributed by atoms with Gasteiger partial charge in [0.2, 0.25) is 0 Å². The predicted octanol–water partition coefficient (Wildman–Crippen LogP) is 8.96. The lowest BCUT2D eigenvalue weighted by Crippen LogP contribution is -2.05. The van der Waals surface area contributed by atoms with Crippen LogP contribution in [-0.2, 0) is 19.0 Å². The van der Waals surface area contributed by atoms with E-state index in [-0.39, 0.29) is 5.92 Å². The Morgan fingerprint density at radius 2 is 1.21 bits per heavy atom. The largest absolute Gasteiger partial charge is 0.416 e. The molecule has 1 atom stereocenters. The second-order valence-corrected chi connectivity index (χ2v) is 9.01. The van der Waals surface area contributed by atoms with Crippen molar-refractivity contribution in [2.24, 2.45) is 0 Å². The van der Waals surface area contributed by atoms with Crippen LogP contribution in [-0.4, -0.2) is 0 Å². The maximum Gasteiger partial charge on any atom is 0.416 e. The first-order valence-electron chi connectivity index (χ1n) is 12.2. The zero-order chi connectivity index (χ0) is 24.4. The molecule has 0 aliphatic rings. The zero-order valence-electron chi connectivity index (χ0n) is 20.1. The van der Waals surface area contributed by atoms with E-state index in [2.05, 4.69) is 62.1 Å². The first kappa shape index (κ1) is 25.6. The highest BCUT2D eigenvalue weighted by atomic mass is 19.4. The highest BCUT2D eigenvalue weighted by Crippen LogP contribution is 2.31. The summed E-state index contributed by atoms with van der Waals surface area (Å²) in [6.07, 6.45) is 3.70. The molecule has 0 aliphatic carbocycles. The highest BCUT2D eigenvalue weighted by molar-refractivity contribution is 5.44. The van der Waals surface area contributed by atoms with E-state index in [4.69, 9.17) is 0 Å². The van der Waals surface area contributed by atoms with Gasteiger partial charge in [0.05, 0.1) is 5.56 Å². The lowest BCUT2D eigenvalue weighted by molar-refractivity contribution is -0.137. The topological polar surface area (TPSA) is 0 Å². The summed E-state index contributed by atoms with van der Waals surface area (Å²) in [5.74, 6) is 6.67. The summed E-state index contributed by atoms with van der Waals surface area (Å²) in [7, 11) is 0. The van der Waals surface area contributed by atoms with Crippen molar-refractivity contribution in [2.45, 2.75) is 70.9 Å². The average Bonchev–Trinajstić information content (AvgIpc) is 2.85. The third-order valence-corrected chi connectivity index (χ3v) is 6.25. The Hall–Kier alpha value is -2.99. The minimum atomic E-state index is -4.29. The van der Waals surface area contributed by atoms with Crippen LogP contribution in [0, 0.1) is 11.8 Å². The fourth-order valence-electron chi connectivity index (χ4n) is 3.96. The van der Waals surface area contributed by atoms with Crippen LogP contribution in [0.1, 0.15) is 85.3 Å². The molecule has 0 aromatic heterocycles. The normalized spacial score (nSPS) is 12.1. The Kier molecular flexibility index (Phi) is 9.40. The summed E-state index contributed by atoms with van der Waals surface area (Å²) in [4.78, 5) is 0. The van der Waals surface area contributed by atoms with Gasteiger partial charge in [-0.1, -0.05) is 81.3 Å². The molecule has 3 aromatic carbocycles. The van der Waals surface area contributed by atoms with Crippen molar-refractivity contribution in [3.05, 3.63) is 106 Å². The summed E-state index contributed by atoms with van der Waals surface area (Å²) >= 11 is 0. The van der Waals surface area contributed by atoms with Crippen molar-refractivity contribution in [2.75, 3.05) is 0 Å². The van der Waals surface area contributed by atoms with Crippen molar-refractivity contribution in [1.82, 2.24) is 0 Å². The van der Waals surface area contributed by atoms with Gasteiger partial charge in [0.25, 0.3) is 0 Å². The quantitative estimate of drug-likeness (QED) is 0.220. The Labute approximate surface area is 202 Å². The second-order valence-electron chi connectivity index (χ2n) is 9.01. The number of aryl methyl sites for hydroxylation is 2. The van der Waals surface area contributed by atoms with Crippen molar-refractivity contribution in [3.63, 3.8) is 0 Å². The first-order chi connectivity index (χ1) is 16.3. The standard InChI is InChI=1S/C31H33F3/c1-3-4-5-6-7-25-10-12-27(13-11-25)18-19-28-16-14-26(15-17-28)9-8-24(2)29-20-22-30(23-21-29)31(32,33)34/h10-17,20-24H,3-9H2,1-2H3. The smallest absolute Gasteiger partial charge is 0.166 e. The number of alkyl halides is 3. The number of rotatable bonds is 9. The van der Waals surface area contributed by atoms with Crippen LogP contribution in [0.25, 0.3) is 0 Å². The van der Waals surface area contributed by atoms with E-state index in [9.17, 15) is 13.2 Å². The lowest BCUT2D eigenvalue weighted by atomic mass is 9.93. The van der Waals surface area contributed by atoms with E-state index in [1.165, 1.54) is 48.9 Å². The molecule has 0 bridgehead atoms. The molecule has 3 aromatic rings. The molecule has 0 fully saturated rings. The summed E-state index contributed by atoms with van der Waals surface area (Å²) in [6.45, 7) is 4.29. The molecule has 0 N–H and O–H groups in total. The Morgan fingerprint density at radius 1 is 0.676 bits per heavy atom. The zero-order valence-corrected chi connectivity index (χ0v) is 20.1. The molecule has 0 saturated carbocycles. The highest BCUT2D eigenvalue weighted by Gasteiger charge is 2.30. The van der Waals surface area contributed by atoms with Crippen LogP contribution in [0.15, 0.2) is 72.8 Å². The van der Waals surface area contributed by atoms with Gasteiger partial charge in [0.1, 0.15) is 0 Å². The second kappa shape index (κ2) is 12.5. The van der Waals surface area contributed by atoms with E-state index in [0.29, 0.717) is 0 Å². The molecule has 0 radical (unpaired) electrons. The first-order valence-corrected chi connectivity index (χ1v) is 12.2. The molecule has 0 aliphatic heterocycles. The van der Waals surface area contributed by atoms with Gasteiger partial charge in [-0.3, -0.25) is 0 Å². The van der Waals surface area contributed by atoms with Crippen molar-refractivity contribution < 1.29 is 13.2 Å². The van der Waals surface area contributed by atoms with Gasteiger partial charge >= 0.3 is 6.18 Å².